The van der Waals surface area contributed by atoms with Crippen LogP contribution in [0.15, 0.2) is 12.1 Å². The van der Waals surface area contributed by atoms with Gasteiger partial charge in [0.25, 0.3) is 0 Å². The van der Waals surface area contributed by atoms with Gasteiger partial charge in [-0.3, -0.25) is 4.79 Å². The molecule has 0 spiro atoms. The third-order valence-corrected chi connectivity index (χ3v) is 3.24. The molecule has 0 saturated carbocycles. The molecule has 0 atom stereocenters. The zero-order chi connectivity index (χ0) is 12.6. The van der Waals surface area contributed by atoms with Crippen LogP contribution in [0.4, 0.5) is 0 Å². The van der Waals surface area contributed by atoms with Crippen LogP contribution in [0, 0.1) is 0 Å². The van der Waals surface area contributed by atoms with Gasteiger partial charge in [0.05, 0.1) is 12.2 Å². The predicted molar refractivity (Wildman–Crippen MR) is 69.0 cm³/mol. The summed E-state index contributed by atoms with van der Waals surface area (Å²) in [7, 11) is 0. The number of aryl methyl sites for hydroxylation is 1. The lowest BCUT2D eigenvalue weighted by molar-refractivity contribution is 0.0931. The van der Waals surface area contributed by atoms with Crippen molar-refractivity contribution in [2.45, 2.75) is 46.0 Å². The minimum atomic E-state index is 0.00683. The summed E-state index contributed by atoms with van der Waals surface area (Å²) in [5, 5.41) is 0. The van der Waals surface area contributed by atoms with E-state index in [0.29, 0.717) is 13.0 Å². The van der Waals surface area contributed by atoms with Crippen molar-refractivity contribution < 1.29 is 9.53 Å². The number of ketones is 1. The second kappa shape index (κ2) is 4.17. The molecule has 0 aliphatic carbocycles. The first-order valence-electron chi connectivity index (χ1n) is 6.27. The Kier molecular flexibility index (Phi) is 2.98. The summed E-state index contributed by atoms with van der Waals surface area (Å²) in [5.74, 6) is 1.03. The van der Waals surface area contributed by atoms with Crippen LogP contribution in [-0.2, 0) is 11.8 Å². The first-order valence-corrected chi connectivity index (χ1v) is 6.27. The van der Waals surface area contributed by atoms with Crippen LogP contribution in [0.5, 0.6) is 5.75 Å². The quantitative estimate of drug-likeness (QED) is 0.740. The molecule has 1 aromatic carbocycles. The first-order chi connectivity index (χ1) is 7.93. The van der Waals surface area contributed by atoms with Crippen molar-refractivity contribution in [3.05, 3.63) is 28.8 Å². The molecule has 0 unspecified atom stereocenters. The Morgan fingerprint density at radius 1 is 1.29 bits per heavy atom. The molecule has 0 N–H and O–H groups in total. The van der Waals surface area contributed by atoms with E-state index in [2.05, 4.69) is 33.8 Å². The third kappa shape index (κ3) is 2.21. The van der Waals surface area contributed by atoms with Gasteiger partial charge >= 0.3 is 0 Å². The van der Waals surface area contributed by atoms with Crippen LogP contribution in [0.2, 0.25) is 0 Å². The number of hydrogen-bond donors (Lipinski definition) is 0. The van der Waals surface area contributed by atoms with Crippen LogP contribution < -0.4 is 4.74 Å². The smallest absolute Gasteiger partial charge is 0.170 e. The van der Waals surface area contributed by atoms with Crippen LogP contribution in [0.1, 0.15) is 55.6 Å². The maximum absolute atomic E-state index is 12.0. The largest absolute Gasteiger partial charge is 0.492 e. The molecule has 17 heavy (non-hydrogen) atoms. The number of benzene rings is 1. The Bertz CT molecular complexity index is 453. The molecule has 2 rings (SSSR count). The van der Waals surface area contributed by atoms with Gasteiger partial charge in [-0.2, -0.15) is 0 Å². The highest BCUT2D eigenvalue weighted by molar-refractivity contribution is 6.00. The lowest BCUT2D eigenvalue weighted by Gasteiger charge is -2.27. The van der Waals surface area contributed by atoms with Crippen molar-refractivity contribution in [2.75, 3.05) is 6.61 Å². The molecule has 0 fully saturated rings. The molecule has 2 nitrogen and oxygen atoms in total. The number of ether oxygens (including phenoxy) is 1. The predicted octanol–water partition coefficient (Wildman–Crippen LogP) is 3.51. The standard InChI is InChI=1S/C15H20O2/c1-5-10-8-11-13(16)6-7-17-14(11)12(9-10)15(2,3)4/h8-9H,5-7H2,1-4H3. The molecular formula is C15H20O2. The molecule has 1 aliphatic heterocycles. The van der Waals surface area contributed by atoms with Crippen LogP contribution in [-0.4, -0.2) is 12.4 Å². The second-order valence-corrected chi connectivity index (χ2v) is 5.65. The molecule has 1 aliphatic rings. The van der Waals surface area contributed by atoms with E-state index in [1.54, 1.807) is 0 Å². The topological polar surface area (TPSA) is 26.3 Å². The maximum atomic E-state index is 12.0. The van der Waals surface area contributed by atoms with E-state index in [0.717, 1.165) is 23.3 Å². The Labute approximate surface area is 103 Å². The van der Waals surface area contributed by atoms with Crippen molar-refractivity contribution in [2.24, 2.45) is 0 Å². The molecule has 92 valence electrons. The van der Waals surface area contributed by atoms with Gasteiger partial charge in [0.15, 0.2) is 5.78 Å². The van der Waals surface area contributed by atoms with Crippen molar-refractivity contribution in [1.82, 2.24) is 0 Å². The second-order valence-electron chi connectivity index (χ2n) is 5.65. The number of carbonyl (C=O) groups is 1. The van der Waals surface area contributed by atoms with Gasteiger partial charge < -0.3 is 4.74 Å². The highest BCUT2D eigenvalue weighted by Crippen LogP contribution is 2.37. The van der Waals surface area contributed by atoms with Gasteiger partial charge in [0.2, 0.25) is 0 Å². The molecule has 0 bridgehead atoms. The summed E-state index contributed by atoms with van der Waals surface area (Å²) < 4.78 is 5.73. The van der Waals surface area contributed by atoms with E-state index < -0.39 is 0 Å². The molecular weight excluding hydrogens is 212 g/mol. The Morgan fingerprint density at radius 2 is 2.00 bits per heavy atom. The lowest BCUT2D eigenvalue weighted by atomic mass is 9.82. The minimum absolute atomic E-state index is 0.00683. The Morgan fingerprint density at radius 3 is 2.59 bits per heavy atom. The first kappa shape index (κ1) is 12.2. The molecule has 1 aromatic rings. The minimum Gasteiger partial charge on any atom is -0.492 e. The summed E-state index contributed by atoms with van der Waals surface area (Å²) in [6.45, 7) is 9.10. The van der Waals surface area contributed by atoms with Crippen LogP contribution in [0.25, 0.3) is 0 Å². The number of Topliss-reactive ketones (excluding diaryl/α,β-unsaturated/α-hetero) is 1. The molecule has 0 aromatic heterocycles. The molecule has 2 heteroatoms. The van der Waals surface area contributed by atoms with Crippen molar-refractivity contribution >= 4 is 5.78 Å². The average molecular weight is 232 g/mol. The van der Waals surface area contributed by atoms with Gasteiger partial charge in [0.1, 0.15) is 5.75 Å². The highest BCUT2D eigenvalue weighted by atomic mass is 16.5. The Hall–Kier alpha value is -1.31. The maximum Gasteiger partial charge on any atom is 0.170 e. The molecule has 1 heterocycles. The normalized spacial score (nSPS) is 15.4. The number of rotatable bonds is 1. The zero-order valence-corrected chi connectivity index (χ0v) is 11.1. The number of hydrogen-bond acceptors (Lipinski definition) is 2. The van der Waals surface area contributed by atoms with Gasteiger partial charge in [-0.15, -0.1) is 0 Å². The van der Waals surface area contributed by atoms with Crippen molar-refractivity contribution in [1.29, 1.82) is 0 Å². The van der Waals surface area contributed by atoms with E-state index in [1.807, 2.05) is 6.07 Å². The van der Waals surface area contributed by atoms with Gasteiger partial charge in [-0.1, -0.05) is 33.8 Å². The fourth-order valence-electron chi connectivity index (χ4n) is 2.19. The third-order valence-electron chi connectivity index (χ3n) is 3.24. The summed E-state index contributed by atoms with van der Waals surface area (Å²) in [4.78, 5) is 12.0. The van der Waals surface area contributed by atoms with Crippen molar-refractivity contribution in [3.8, 4) is 5.75 Å². The Balaban J connectivity index is 2.66. The molecule has 0 amide bonds. The van der Waals surface area contributed by atoms with Gasteiger partial charge in [0, 0.05) is 12.0 Å². The average Bonchev–Trinajstić information content (AvgIpc) is 2.27. The molecule has 0 radical (unpaired) electrons. The van der Waals surface area contributed by atoms with Crippen LogP contribution in [0.3, 0.4) is 0 Å². The van der Waals surface area contributed by atoms with E-state index >= 15 is 0 Å². The van der Waals surface area contributed by atoms with Crippen molar-refractivity contribution in [3.63, 3.8) is 0 Å². The lowest BCUT2D eigenvalue weighted by Crippen LogP contribution is -2.21. The fraction of sp³-hybridized carbons (Fsp3) is 0.533. The summed E-state index contributed by atoms with van der Waals surface area (Å²) in [6, 6.07) is 4.17. The monoisotopic (exact) mass is 232 g/mol. The van der Waals surface area contributed by atoms with E-state index in [1.165, 1.54) is 5.56 Å². The van der Waals surface area contributed by atoms with Gasteiger partial charge in [-0.05, 0) is 23.5 Å². The van der Waals surface area contributed by atoms with E-state index in [4.69, 9.17) is 4.74 Å². The highest BCUT2D eigenvalue weighted by Gasteiger charge is 2.27. The molecule has 0 saturated heterocycles. The summed E-state index contributed by atoms with van der Waals surface area (Å²) in [5.41, 5.74) is 3.15. The number of carbonyl (C=O) groups excluding carboxylic acids is 1. The summed E-state index contributed by atoms with van der Waals surface area (Å²) >= 11 is 0. The zero-order valence-electron chi connectivity index (χ0n) is 11.1. The van der Waals surface area contributed by atoms with E-state index in [-0.39, 0.29) is 11.2 Å². The number of fused-ring (bicyclic) bond motifs is 1. The summed E-state index contributed by atoms with van der Waals surface area (Å²) in [6.07, 6.45) is 1.45. The van der Waals surface area contributed by atoms with E-state index in [9.17, 15) is 4.79 Å². The van der Waals surface area contributed by atoms with Crippen LogP contribution >= 0.6 is 0 Å². The van der Waals surface area contributed by atoms with Gasteiger partial charge in [-0.25, -0.2) is 0 Å². The fourth-order valence-corrected chi connectivity index (χ4v) is 2.19. The SMILES string of the molecule is CCc1cc2c(c(C(C)(C)C)c1)OCCC2=O.